The summed E-state index contributed by atoms with van der Waals surface area (Å²) in [6.45, 7) is -2.32. The van der Waals surface area contributed by atoms with Gasteiger partial charge >= 0.3 is 9.05 Å². The van der Waals surface area contributed by atoms with E-state index in [1.807, 2.05) is 0 Å². The first-order valence-corrected chi connectivity index (χ1v) is 9.73. The number of hydrogen-bond donors (Lipinski definition) is 12. The molecule has 0 aromatic heterocycles. The molecule has 0 spiro atoms. The molecule has 0 radical (unpaired) electrons. The van der Waals surface area contributed by atoms with Crippen LogP contribution in [0.3, 0.4) is 0 Å². The molecule has 28 heavy (non-hydrogen) atoms. The highest BCUT2D eigenvalue weighted by Crippen LogP contribution is 2.35. The highest BCUT2D eigenvalue weighted by atomic mass is 28.4. The topological polar surface area (TPSA) is 270 Å². The van der Waals surface area contributed by atoms with Gasteiger partial charge in [0.1, 0.15) is 49.3 Å². The highest BCUT2D eigenvalue weighted by Gasteiger charge is 2.58. The lowest BCUT2D eigenvalue weighted by atomic mass is 9.99. The maximum atomic E-state index is 10.00. The van der Waals surface area contributed by atoms with Crippen molar-refractivity contribution in [2.45, 2.75) is 54.8 Å². The van der Waals surface area contributed by atoms with Gasteiger partial charge in [0.2, 0.25) is 5.79 Å². The molecule has 2 rings (SSSR count). The van der Waals surface area contributed by atoms with Crippen LogP contribution in [0.1, 0.15) is 0 Å². The number of aliphatic hydroxyl groups is 8. The van der Waals surface area contributed by atoms with Gasteiger partial charge in [-0.25, -0.2) is 0 Å². The third kappa shape index (κ3) is 6.06. The SMILES string of the molecule is OC[C@H]1O[C@@](CO)(O[C@H]2O[C@H](CO)[C@@H](O)[C@H](O)[C@H]2O)[C@@H](O)[C@@H]1O.O[Si](O)(O)O. The maximum Gasteiger partial charge on any atom is 0.668 e. The molecule has 2 aliphatic heterocycles. The lowest BCUT2D eigenvalue weighted by molar-refractivity contribution is -0.383. The zero-order chi connectivity index (χ0) is 21.9. The van der Waals surface area contributed by atoms with E-state index in [-0.39, 0.29) is 0 Å². The van der Waals surface area contributed by atoms with Crippen LogP contribution in [-0.4, -0.2) is 144 Å². The number of rotatable bonds is 5. The summed E-state index contributed by atoms with van der Waals surface area (Å²) in [6.07, 6.45) is -12.7. The molecule has 168 valence electrons. The standard InChI is InChI=1S/C12H22O11.H4O4Si/c13-1-4-6(16)8(18)9(19)11(21-4)23-12(3-15)10(20)7(17)5(2-14)22-12;1-5(2,3)4/h4-11,13-20H,1-3H2;1-4H/t4-,5-,6-,7-,8+,9-,10+,11-,12+;/m1./s1. The van der Waals surface area contributed by atoms with Gasteiger partial charge in [-0.05, 0) is 0 Å². The summed E-state index contributed by atoms with van der Waals surface area (Å²) in [6, 6.07) is 0. The first-order valence-electron chi connectivity index (χ1n) is 7.94. The Labute approximate surface area is 158 Å². The van der Waals surface area contributed by atoms with Gasteiger partial charge in [0.05, 0.1) is 13.2 Å². The van der Waals surface area contributed by atoms with Crippen molar-refractivity contribution in [1.29, 1.82) is 0 Å². The summed E-state index contributed by atoms with van der Waals surface area (Å²) < 4.78 is 15.4. The molecule has 15 nitrogen and oxygen atoms in total. The van der Waals surface area contributed by atoms with Crippen LogP contribution < -0.4 is 0 Å². The Hall–Kier alpha value is -0.383. The van der Waals surface area contributed by atoms with E-state index >= 15 is 0 Å². The number of hydrogen-bond acceptors (Lipinski definition) is 15. The van der Waals surface area contributed by atoms with Crippen LogP contribution in [-0.2, 0) is 14.2 Å². The second kappa shape index (κ2) is 10.1. The fraction of sp³-hybridized carbons (Fsp3) is 1.00. The van der Waals surface area contributed by atoms with Crippen molar-refractivity contribution in [3.05, 3.63) is 0 Å². The molecule has 2 fully saturated rings. The third-order valence-electron chi connectivity index (χ3n) is 4.07. The van der Waals surface area contributed by atoms with Crippen LogP contribution in [0, 0.1) is 0 Å². The molecule has 2 saturated heterocycles. The van der Waals surface area contributed by atoms with Crippen LogP contribution in [0.2, 0.25) is 0 Å². The van der Waals surface area contributed by atoms with E-state index in [0.29, 0.717) is 0 Å². The lowest BCUT2D eigenvalue weighted by Gasteiger charge is -2.43. The van der Waals surface area contributed by atoms with Crippen molar-refractivity contribution in [2.75, 3.05) is 19.8 Å². The van der Waals surface area contributed by atoms with Crippen molar-refractivity contribution < 1.29 is 74.2 Å². The minimum atomic E-state index is -4.61. The summed E-state index contributed by atoms with van der Waals surface area (Å²) >= 11 is 0. The van der Waals surface area contributed by atoms with Crippen LogP contribution in [0.25, 0.3) is 0 Å². The van der Waals surface area contributed by atoms with Gasteiger partial charge in [-0.3, -0.25) is 0 Å². The van der Waals surface area contributed by atoms with Crippen molar-refractivity contribution in [3.63, 3.8) is 0 Å². The first kappa shape index (κ1) is 25.7. The average molecular weight is 438 g/mol. The van der Waals surface area contributed by atoms with E-state index < -0.39 is 83.7 Å². The van der Waals surface area contributed by atoms with E-state index in [4.69, 9.17) is 43.6 Å². The zero-order valence-corrected chi connectivity index (χ0v) is 15.3. The fourth-order valence-corrected chi connectivity index (χ4v) is 2.63. The summed E-state index contributed by atoms with van der Waals surface area (Å²) in [5.41, 5.74) is 0. The zero-order valence-electron chi connectivity index (χ0n) is 14.3. The van der Waals surface area contributed by atoms with Gasteiger partial charge in [-0.2, -0.15) is 0 Å². The van der Waals surface area contributed by atoms with E-state index in [2.05, 4.69) is 0 Å². The second-order valence-electron chi connectivity index (χ2n) is 6.16. The van der Waals surface area contributed by atoms with Gasteiger partial charge in [0, 0.05) is 0 Å². The van der Waals surface area contributed by atoms with E-state index in [1.165, 1.54) is 0 Å². The van der Waals surface area contributed by atoms with Gasteiger partial charge in [0.15, 0.2) is 6.29 Å². The Morgan fingerprint density at radius 2 is 1.25 bits per heavy atom. The van der Waals surface area contributed by atoms with E-state index in [0.717, 1.165) is 0 Å². The lowest BCUT2D eigenvalue weighted by Crippen LogP contribution is -2.62. The molecule has 9 atom stereocenters. The fourth-order valence-electron chi connectivity index (χ4n) is 2.63. The normalized spacial score (nSPS) is 44.1. The molecule has 0 saturated carbocycles. The van der Waals surface area contributed by atoms with Crippen LogP contribution in [0.5, 0.6) is 0 Å². The predicted molar refractivity (Wildman–Crippen MR) is 83.3 cm³/mol. The minimum absolute atomic E-state index is 0.669. The molecule has 12 N–H and O–H groups in total. The van der Waals surface area contributed by atoms with Gasteiger partial charge < -0.3 is 74.2 Å². The van der Waals surface area contributed by atoms with Crippen molar-refractivity contribution in [2.24, 2.45) is 0 Å². The third-order valence-corrected chi connectivity index (χ3v) is 4.07. The molecule has 0 aromatic carbocycles. The Morgan fingerprint density at radius 1 is 0.750 bits per heavy atom. The maximum absolute atomic E-state index is 10.00. The van der Waals surface area contributed by atoms with E-state index in [1.54, 1.807) is 0 Å². The van der Waals surface area contributed by atoms with Crippen molar-refractivity contribution >= 4 is 9.05 Å². The Balaban J connectivity index is 0.000000696. The van der Waals surface area contributed by atoms with Crippen molar-refractivity contribution in [3.8, 4) is 0 Å². The predicted octanol–water partition coefficient (Wildman–Crippen LogP) is -8.00. The summed E-state index contributed by atoms with van der Waals surface area (Å²) in [5.74, 6) is -2.22. The molecular weight excluding hydrogens is 412 g/mol. The van der Waals surface area contributed by atoms with Gasteiger partial charge in [0.25, 0.3) is 0 Å². The molecule has 0 aromatic rings. The quantitative estimate of drug-likeness (QED) is 0.178. The first-order chi connectivity index (χ1) is 12.8. The Bertz CT molecular complexity index is 468. The monoisotopic (exact) mass is 438 g/mol. The van der Waals surface area contributed by atoms with Crippen molar-refractivity contribution in [1.82, 2.24) is 0 Å². The number of aliphatic hydroxyl groups excluding tert-OH is 8. The molecule has 0 bridgehead atoms. The second-order valence-corrected chi connectivity index (χ2v) is 7.36. The van der Waals surface area contributed by atoms with Gasteiger partial charge in [-0.1, -0.05) is 0 Å². The van der Waals surface area contributed by atoms with Crippen LogP contribution >= 0.6 is 0 Å². The molecule has 2 heterocycles. The average Bonchev–Trinajstić information content (AvgIpc) is 2.86. The minimum Gasteiger partial charge on any atom is -0.394 e. The van der Waals surface area contributed by atoms with E-state index in [9.17, 15) is 30.6 Å². The Morgan fingerprint density at radius 3 is 1.64 bits per heavy atom. The largest absolute Gasteiger partial charge is 0.668 e. The van der Waals surface area contributed by atoms with Crippen LogP contribution in [0.4, 0.5) is 0 Å². The summed E-state index contributed by atoms with van der Waals surface area (Å²) in [4.78, 5) is 29.3. The molecule has 0 unspecified atom stereocenters. The molecular formula is C12H26O15Si. The molecule has 2 aliphatic rings. The number of ether oxygens (including phenoxy) is 3. The Kier molecular flexibility index (Phi) is 9.24. The summed E-state index contributed by atoms with van der Waals surface area (Å²) in [7, 11) is -4.61. The summed E-state index contributed by atoms with van der Waals surface area (Å²) in [5, 5.41) is 76.7. The molecule has 0 amide bonds. The smallest absolute Gasteiger partial charge is 0.394 e. The molecule has 16 heteroatoms. The van der Waals surface area contributed by atoms with Crippen LogP contribution in [0.15, 0.2) is 0 Å². The highest BCUT2D eigenvalue weighted by molar-refractivity contribution is 6.46. The molecule has 0 aliphatic carbocycles. The van der Waals surface area contributed by atoms with Gasteiger partial charge in [-0.15, -0.1) is 0 Å².